The lowest BCUT2D eigenvalue weighted by Crippen LogP contribution is -2.56. The van der Waals surface area contributed by atoms with Crippen LogP contribution in [0.3, 0.4) is 0 Å². The van der Waals surface area contributed by atoms with Crippen molar-refractivity contribution in [2.75, 3.05) is 20.2 Å². The molecule has 2 rings (SSSR count). The average molecular weight is 181 g/mol. The van der Waals surface area contributed by atoms with Gasteiger partial charge in [0.15, 0.2) is 0 Å². The van der Waals surface area contributed by atoms with Gasteiger partial charge in [-0.25, -0.2) is 9.97 Å². The predicted molar refractivity (Wildman–Crippen MR) is 45.4 cm³/mol. The molecular weight excluding hydrogens is 170 g/mol. The highest BCUT2D eigenvalue weighted by molar-refractivity contribution is 5.21. The maximum atomic E-state index is 9.86. The summed E-state index contributed by atoms with van der Waals surface area (Å²) in [6.45, 7) is 1.12. The van der Waals surface area contributed by atoms with Crippen LogP contribution in [0.4, 0.5) is 0 Å². The highest BCUT2D eigenvalue weighted by Gasteiger charge is 2.36. The molecule has 1 aromatic rings. The first kappa shape index (κ1) is 8.40. The highest BCUT2D eigenvalue weighted by atomic mass is 16.5. The summed E-state index contributed by atoms with van der Waals surface area (Å²) in [6, 6.07) is 0.319. The number of aromatic nitrogens is 2. The van der Waals surface area contributed by atoms with Crippen LogP contribution in [-0.4, -0.2) is 35.3 Å². The van der Waals surface area contributed by atoms with Crippen LogP contribution in [0.2, 0.25) is 0 Å². The number of methoxy groups -OCH3 is 1. The lowest BCUT2D eigenvalue weighted by Gasteiger charge is -2.37. The molecule has 0 amide bonds. The molecule has 0 aliphatic carbocycles. The molecule has 1 saturated heterocycles. The van der Waals surface area contributed by atoms with Gasteiger partial charge in [0.25, 0.3) is 0 Å². The molecule has 2 N–H and O–H groups in total. The van der Waals surface area contributed by atoms with Crippen LogP contribution >= 0.6 is 0 Å². The highest BCUT2D eigenvalue weighted by Crippen LogP contribution is 2.24. The molecule has 0 atom stereocenters. The van der Waals surface area contributed by atoms with Crippen molar-refractivity contribution in [1.29, 1.82) is 0 Å². The predicted octanol–water partition coefficient (Wildman–Crippen LogP) is -0.724. The molecule has 5 heteroatoms. The van der Waals surface area contributed by atoms with Gasteiger partial charge in [-0.3, -0.25) is 0 Å². The molecule has 0 radical (unpaired) electrons. The molecule has 2 heterocycles. The standard InChI is InChI=1S/C8H11N3O2/c1-13-7-10-2-6(3-11-7)8(12)4-9-5-8/h2-3,9,12H,4-5H2,1H3. The Hall–Kier alpha value is -1.20. The molecule has 1 fully saturated rings. The Morgan fingerprint density at radius 2 is 2.08 bits per heavy atom. The van der Waals surface area contributed by atoms with Gasteiger partial charge in [0.1, 0.15) is 5.60 Å². The van der Waals surface area contributed by atoms with E-state index < -0.39 is 5.60 Å². The summed E-state index contributed by atoms with van der Waals surface area (Å²) >= 11 is 0. The number of β-amino-alcohol motifs (C(OH)–C–C–N with tert-alkyl or cyclic N) is 1. The number of nitrogens with zero attached hydrogens (tertiary/aromatic N) is 2. The van der Waals surface area contributed by atoms with Crippen molar-refractivity contribution in [3.8, 4) is 6.01 Å². The van der Waals surface area contributed by atoms with E-state index in [9.17, 15) is 5.11 Å². The molecule has 1 aromatic heterocycles. The van der Waals surface area contributed by atoms with Gasteiger partial charge in [-0.1, -0.05) is 0 Å². The molecule has 13 heavy (non-hydrogen) atoms. The molecule has 0 unspecified atom stereocenters. The first-order valence-electron chi connectivity index (χ1n) is 4.04. The Balaban J connectivity index is 2.22. The van der Waals surface area contributed by atoms with Crippen LogP contribution in [-0.2, 0) is 5.60 Å². The molecule has 1 aliphatic rings. The Morgan fingerprint density at radius 1 is 1.46 bits per heavy atom. The number of hydrogen-bond donors (Lipinski definition) is 2. The SMILES string of the molecule is COc1ncc(C2(O)CNC2)cn1. The number of rotatable bonds is 2. The quantitative estimate of drug-likeness (QED) is 0.630. The van der Waals surface area contributed by atoms with E-state index in [1.807, 2.05) is 0 Å². The number of nitrogens with one attached hydrogen (secondary N) is 1. The van der Waals surface area contributed by atoms with Crippen LogP contribution in [0.5, 0.6) is 6.01 Å². The van der Waals surface area contributed by atoms with Gasteiger partial charge >= 0.3 is 6.01 Å². The van der Waals surface area contributed by atoms with Crippen LogP contribution in [0.25, 0.3) is 0 Å². The van der Waals surface area contributed by atoms with Gasteiger partial charge < -0.3 is 15.2 Å². The lowest BCUT2D eigenvalue weighted by molar-refractivity contribution is -0.0153. The largest absolute Gasteiger partial charge is 0.467 e. The second kappa shape index (κ2) is 2.93. The second-order valence-corrected chi connectivity index (χ2v) is 3.09. The fraction of sp³-hybridized carbons (Fsp3) is 0.500. The van der Waals surface area contributed by atoms with E-state index in [2.05, 4.69) is 15.3 Å². The van der Waals surface area contributed by atoms with Crippen molar-refractivity contribution in [2.24, 2.45) is 0 Å². The van der Waals surface area contributed by atoms with Crippen molar-refractivity contribution in [2.45, 2.75) is 5.60 Å². The van der Waals surface area contributed by atoms with Gasteiger partial charge in [-0.05, 0) is 0 Å². The smallest absolute Gasteiger partial charge is 0.316 e. The minimum Gasteiger partial charge on any atom is -0.467 e. The zero-order chi connectivity index (χ0) is 9.31. The Bertz CT molecular complexity index is 295. The van der Waals surface area contributed by atoms with Crippen molar-refractivity contribution >= 4 is 0 Å². The summed E-state index contributed by atoms with van der Waals surface area (Å²) in [5, 5.41) is 12.9. The van der Waals surface area contributed by atoms with E-state index >= 15 is 0 Å². The monoisotopic (exact) mass is 181 g/mol. The van der Waals surface area contributed by atoms with E-state index in [1.54, 1.807) is 12.4 Å². The minimum atomic E-state index is -0.785. The third-order valence-corrected chi connectivity index (χ3v) is 2.18. The molecule has 0 aromatic carbocycles. The maximum Gasteiger partial charge on any atom is 0.316 e. The van der Waals surface area contributed by atoms with Crippen LogP contribution in [0.1, 0.15) is 5.56 Å². The molecule has 0 bridgehead atoms. The third kappa shape index (κ3) is 1.36. The Morgan fingerprint density at radius 3 is 2.46 bits per heavy atom. The third-order valence-electron chi connectivity index (χ3n) is 2.18. The van der Waals surface area contributed by atoms with Gasteiger partial charge in [0, 0.05) is 31.0 Å². The summed E-state index contributed by atoms with van der Waals surface area (Å²) < 4.78 is 4.81. The number of ether oxygens (including phenoxy) is 1. The first-order chi connectivity index (χ1) is 6.24. The van der Waals surface area contributed by atoms with E-state index in [0.717, 1.165) is 5.56 Å². The second-order valence-electron chi connectivity index (χ2n) is 3.09. The fourth-order valence-electron chi connectivity index (χ4n) is 1.23. The molecular formula is C8H11N3O2. The van der Waals surface area contributed by atoms with Gasteiger partial charge in [0.05, 0.1) is 7.11 Å². The van der Waals surface area contributed by atoms with Crippen molar-refractivity contribution in [1.82, 2.24) is 15.3 Å². The van der Waals surface area contributed by atoms with Crippen LogP contribution in [0.15, 0.2) is 12.4 Å². The molecule has 1 aliphatic heterocycles. The zero-order valence-electron chi connectivity index (χ0n) is 7.32. The lowest BCUT2D eigenvalue weighted by atomic mass is 9.90. The molecule has 0 spiro atoms. The van der Waals surface area contributed by atoms with E-state index in [-0.39, 0.29) is 0 Å². The topological polar surface area (TPSA) is 67.3 Å². The normalized spacial score (nSPS) is 19.2. The van der Waals surface area contributed by atoms with E-state index in [0.29, 0.717) is 19.1 Å². The number of aliphatic hydroxyl groups is 1. The molecule has 5 nitrogen and oxygen atoms in total. The summed E-state index contributed by atoms with van der Waals surface area (Å²) in [4.78, 5) is 7.85. The fourth-order valence-corrected chi connectivity index (χ4v) is 1.23. The first-order valence-corrected chi connectivity index (χ1v) is 4.04. The maximum absolute atomic E-state index is 9.86. The van der Waals surface area contributed by atoms with Crippen molar-refractivity contribution in [3.05, 3.63) is 18.0 Å². The average Bonchev–Trinajstić information content (AvgIpc) is 2.14. The molecule has 70 valence electrons. The van der Waals surface area contributed by atoms with Crippen LogP contribution < -0.4 is 10.1 Å². The minimum absolute atomic E-state index is 0.319. The Kier molecular flexibility index (Phi) is 1.90. The van der Waals surface area contributed by atoms with Crippen molar-refractivity contribution in [3.63, 3.8) is 0 Å². The summed E-state index contributed by atoms with van der Waals surface area (Å²) in [7, 11) is 1.51. The summed E-state index contributed by atoms with van der Waals surface area (Å²) in [5.41, 5.74) is -0.0567. The van der Waals surface area contributed by atoms with Gasteiger partial charge in [-0.15, -0.1) is 0 Å². The summed E-state index contributed by atoms with van der Waals surface area (Å²) in [5.74, 6) is 0. The van der Waals surface area contributed by atoms with E-state index in [4.69, 9.17) is 4.74 Å². The zero-order valence-corrected chi connectivity index (χ0v) is 7.32. The Labute approximate surface area is 75.8 Å². The van der Waals surface area contributed by atoms with Gasteiger partial charge in [-0.2, -0.15) is 0 Å². The van der Waals surface area contributed by atoms with Crippen molar-refractivity contribution < 1.29 is 9.84 Å². The van der Waals surface area contributed by atoms with Gasteiger partial charge in [0.2, 0.25) is 0 Å². The summed E-state index contributed by atoms with van der Waals surface area (Å²) in [6.07, 6.45) is 3.18. The van der Waals surface area contributed by atoms with E-state index in [1.165, 1.54) is 7.11 Å². The number of hydrogen-bond acceptors (Lipinski definition) is 5. The van der Waals surface area contributed by atoms with Crippen LogP contribution in [0, 0.1) is 0 Å². The molecule has 0 saturated carbocycles.